The Hall–Kier alpha value is -0.380. The van der Waals surface area contributed by atoms with Gasteiger partial charge in [0.2, 0.25) is 0 Å². The summed E-state index contributed by atoms with van der Waals surface area (Å²) in [5.74, 6) is 0. The SMILES string of the molecule is C=CCNCCN1CC(C)OC(C)C1. The summed E-state index contributed by atoms with van der Waals surface area (Å²) < 4.78 is 5.67. The number of rotatable bonds is 5. The van der Waals surface area contributed by atoms with E-state index in [1.165, 1.54) is 0 Å². The van der Waals surface area contributed by atoms with Crippen LogP contribution in [0.25, 0.3) is 0 Å². The van der Waals surface area contributed by atoms with Crippen LogP contribution in [0.1, 0.15) is 13.8 Å². The number of nitrogens with one attached hydrogen (secondary N) is 1. The summed E-state index contributed by atoms with van der Waals surface area (Å²) in [6.07, 6.45) is 2.64. The molecule has 0 aromatic heterocycles. The Morgan fingerprint density at radius 1 is 1.43 bits per heavy atom. The van der Waals surface area contributed by atoms with Crippen LogP contribution in [-0.2, 0) is 4.74 Å². The fraction of sp³-hybridized carbons (Fsp3) is 0.818. The highest BCUT2D eigenvalue weighted by Crippen LogP contribution is 2.09. The lowest BCUT2D eigenvalue weighted by Gasteiger charge is -2.35. The molecular formula is C11H22N2O. The molecule has 1 heterocycles. The van der Waals surface area contributed by atoms with Gasteiger partial charge in [0.05, 0.1) is 12.2 Å². The summed E-state index contributed by atoms with van der Waals surface area (Å²) in [7, 11) is 0. The van der Waals surface area contributed by atoms with Crippen molar-refractivity contribution >= 4 is 0 Å². The third-order valence-electron chi connectivity index (χ3n) is 2.39. The molecule has 0 aromatic carbocycles. The van der Waals surface area contributed by atoms with E-state index in [1.54, 1.807) is 0 Å². The molecule has 0 amide bonds. The van der Waals surface area contributed by atoms with Gasteiger partial charge in [0.15, 0.2) is 0 Å². The van der Waals surface area contributed by atoms with Crippen LogP contribution < -0.4 is 5.32 Å². The molecule has 2 unspecified atom stereocenters. The molecule has 3 heteroatoms. The fourth-order valence-electron chi connectivity index (χ4n) is 1.91. The average molecular weight is 198 g/mol. The highest BCUT2D eigenvalue weighted by molar-refractivity contribution is 4.75. The zero-order valence-electron chi connectivity index (χ0n) is 9.33. The van der Waals surface area contributed by atoms with E-state index in [-0.39, 0.29) is 0 Å². The molecule has 82 valence electrons. The predicted octanol–water partition coefficient (Wildman–Crippen LogP) is 0.871. The Labute approximate surface area is 87.1 Å². The number of nitrogens with zero attached hydrogens (tertiary/aromatic N) is 1. The second-order valence-corrected chi connectivity index (χ2v) is 4.01. The van der Waals surface area contributed by atoms with Gasteiger partial charge in [-0.05, 0) is 13.8 Å². The Kier molecular flexibility index (Phi) is 5.15. The van der Waals surface area contributed by atoms with Gasteiger partial charge in [-0.25, -0.2) is 0 Å². The average Bonchev–Trinajstić information content (AvgIpc) is 2.11. The minimum Gasteiger partial charge on any atom is -0.373 e. The molecule has 0 aromatic rings. The van der Waals surface area contributed by atoms with Gasteiger partial charge >= 0.3 is 0 Å². The predicted molar refractivity (Wildman–Crippen MR) is 59.5 cm³/mol. The van der Waals surface area contributed by atoms with Crippen LogP contribution in [0.3, 0.4) is 0 Å². The topological polar surface area (TPSA) is 24.5 Å². The van der Waals surface area contributed by atoms with Gasteiger partial charge in [-0.3, -0.25) is 4.90 Å². The van der Waals surface area contributed by atoms with Crippen molar-refractivity contribution in [3.05, 3.63) is 12.7 Å². The van der Waals surface area contributed by atoms with Gasteiger partial charge in [-0.2, -0.15) is 0 Å². The summed E-state index contributed by atoms with van der Waals surface area (Å²) >= 11 is 0. The molecule has 1 aliphatic rings. The quantitative estimate of drug-likeness (QED) is 0.524. The molecule has 14 heavy (non-hydrogen) atoms. The maximum Gasteiger partial charge on any atom is 0.0678 e. The van der Waals surface area contributed by atoms with E-state index in [1.807, 2.05) is 6.08 Å². The van der Waals surface area contributed by atoms with Crippen molar-refractivity contribution in [2.75, 3.05) is 32.7 Å². The summed E-state index contributed by atoms with van der Waals surface area (Å²) in [5, 5.41) is 3.31. The van der Waals surface area contributed by atoms with Crippen molar-refractivity contribution in [1.82, 2.24) is 10.2 Å². The first-order valence-corrected chi connectivity index (χ1v) is 5.41. The lowest BCUT2D eigenvalue weighted by molar-refractivity contribution is -0.0673. The second kappa shape index (κ2) is 6.17. The minimum absolute atomic E-state index is 0.373. The number of ether oxygens (including phenoxy) is 1. The summed E-state index contributed by atoms with van der Waals surface area (Å²) in [4.78, 5) is 2.45. The highest BCUT2D eigenvalue weighted by atomic mass is 16.5. The Morgan fingerprint density at radius 3 is 2.64 bits per heavy atom. The smallest absolute Gasteiger partial charge is 0.0678 e. The maximum absolute atomic E-state index is 5.67. The second-order valence-electron chi connectivity index (χ2n) is 4.01. The Morgan fingerprint density at radius 2 is 2.07 bits per heavy atom. The van der Waals surface area contributed by atoms with Gasteiger partial charge in [-0.1, -0.05) is 6.08 Å². The van der Waals surface area contributed by atoms with Crippen molar-refractivity contribution in [3.63, 3.8) is 0 Å². The van der Waals surface area contributed by atoms with Crippen LogP contribution in [0.2, 0.25) is 0 Å². The van der Waals surface area contributed by atoms with E-state index in [2.05, 4.69) is 30.6 Å². The molecule has 0 spiro atoms. The third kappa shape index (κ3) is 4.22. The lowest BCUT2D eigenvalue weighted by atomic mass is 10.2. The first-order chi connectivity index (χ1) is 6.72. The van der Waals surface area contributed by atoms with Crippen LogP contribution in [0.4, 0.5) is 0 Å². The molecule has 0 aliphatic carbocycles. The Bertz CT molecular complexity index is 163. The van der Waals surface area contributed by atoms with Gasteiger partial charge < -0.3 is 10.1 Å². The molecule has 2 atom stereocenters. The summed E-state index contributed by atoms with van der Waals surface area (Å²) in [6.45, 7) is 13.1. The van der Waals surface area contributed by atoms with Gasteiger partial charge in [-0.15, -0.1) is 6.58 Å². The largest absolute Gasteiger partial charge is 0.373 e. The first-order valence-electron chi connectivity index (χ1n) is 5.41. The molecular weight excluding hydrogens is 176 g/mol. The molecule has 0 bridgehead atoms. The first kappa shape index (κ1) is 11.7. The van der Waals surface area contributed by atoms with Crippen LogP contribution in [0, 0.1) is 0 Å². The van der Waals surface area contributed by atoms with Crippen LogP contribution >= 0.6 is 0 Å². The van der Waals surface area contributed by atoms with E-state index in [9.17, 15) is 0 Å². The van der Waals surface area contributed by atoms with Gasteiger partial charge in [0, 0.05) is 32.7 Å². The zero-order chi connectivity index (χ0) is 10.4. The van der Waals surface area contributed by atoms with E-state index in [4.69, 9.17) is 4.74 Å². The van der Waals surface area contributed by atoms with E-state index in [0.717, 1.165) is 32.7 Å². The molecule has 1 fully saturated rings. The number of morpholine rings is 1. The number of hydrogen-bond donors (Lipinski definition) is 1. The normalized spacial score (nSPS) is 29.0. The van der Waals surface area contributed by atoms with E-state index >= 15 is 0 Å². The van der Waals surface area contributed by atoms with Crippen molar-refractivity contribution < 1.29 is 4.74 Å². The van der Waals surface area contributed by atoms with E-state index < -0.39 is 0 Å². The fourth-order valence-corrected chi connectivity index (χ4v) is 1.91. The van der Waals surface area contributed by atoms with Crippen LogP contribution in [-0.4, -0.2) is 49.8 Å². The third-order valence-corrected chi connectivity index (χ3v) is 2.39. The van der Waals surface area contributed by atoms with Crippen LogP contribution in [0.15, 0.2) is 12.7 Å². The molecule has 0 radical (unpaired) electrons. The van der Waals surface area contributed by atoms with E-state index in [0.29, 0.717) is 12.2 Å². The van der Waals surface area contributed by atoms with Crippen molar-refractivity contribution in [3.8, 4) is 0 Å². The molecule has 3 nitrogen and oxygen atoms in total. The number of hydrogen-bond acceptors (Lipinski definition) is 3. The molecule has 1 aliphatic heterocycles. The van der Waals surface area contributed by atoms with Gasteiger partial charge in [0.25, 0.3) is 0 Å². The lowest BCUT2D eigenvalue weighted by Crippen LogP contribution is -2.47. The van der Waals surface area contributed by atoms with Crippen molar-refractivity contribution in [2.45, 2.75) is 26.1 Å². The van der Waals surface area contributed by atoms with Gasteiger partial charge in [0.1, 0.15) is 0 Å². The molecule has 1 saturated heterocycles. The molecule has 0 saturated carbocycles. The minimum atomic E-state index is 0.373. The van der Waals surface area contributed by atoms with Crippen LogP contribution in [0.5, 0.6) is 0 Å². The van der Waals surface area contributed by atoms with Crippen molar-refractivity contribution in [2.24, 2.45) is 0 Å². The molecule has 1 rings (SSSR count). The summed E-state index contributed by atoms with van der Waals surface area (Å²) in [5.41, 5.74) is 0. The highest BCUT2D eigenvalue weighted by Gasteiger charge is 2.21. The molecule has 1 N–H and O–H groups in total. The van der Waals surface area contributed by atoms with Crippen molar-refractivity contribution in [1.29, 1.82) is 0 Å². The monoisotopic (exact) mass is 198 g/mol. The standard InChI is InChI=1S/C11H22N2O/c1-4-5-12-6-7-13-8-10(2)14-11(3)9-13/h4,10-12H,1,5-9H2,2-3H3. The summed E-state index contributed by atoms with van der Waals surface area (Å²) in [6, 6.07) is 0. The Balaban J connectivity index is 2.13. The maximum atomic E-state index is 5.67. The zero-order valence-corrected chi connectivity index (χ0v) is 9.33.